The Balaban J connectivity index is 2.73. The van der Waals surface area contributed by atoms with Gasteiger partial charge in [-0.1, -0.05) is 26.8 Å². The molecule has 0 spiro atoms. The number of nitrogens with zero attached hydrogens (tertiary/aromatic N) is 1. The Morgan fingerprint density at radius 1 is 1.50 bits per heavy atom. The summed E-state index contributed by atoms with van der Waals surface area (Å²) >= 11 is 0. The smallest absolute Gasteiger partial charge is 0.0654 e. The lowest BCUT2D eigenvalue weighted by Crippen LogP contribution is -2.24. The molecule has 1 rings (SSSR count). The predicted molar refractivity (Wildman–Crippen MR) is 44.0 cm³/mol. The summed E-state index contributed by atoms with van der Waals surface area (Å²) < 4.78 is 0. The van der Waals surface area contributed by atoms with Crippen molar-refractivity contribution in [2.24, 2.45) is 10.5 Å². The molecule has 0 aromatic carbocycles. The second-order valence-electron chi connectivity index (χ2n) is 3.51. The topological polar surface area (TPSA) is 24.4 Å². The Morgan fingerprint density at radius 3 is 2.50 bits per heavy atom. The molecule has 0 radical (unpaired) electrons. The van der Waals surface area contributed by atoms with Crippen molar-refractivity contribution in [1.29, 1.82) is 0 Å². The van der Waals surface area contributed by atoms with Gasteiger partial charge in [0.2, 0.25) is 0 Å². The van der Waals surface area contributed by atoms with Crippen molar-refractivity contribution >= 4 is 5.71 Å². The minimum Gasteiger partial charge on any atom is -0.306 e. The van der Waals surface area contributed by atoms with E-state index in [9.17, 15) is 0 Å². The van der Waals surface area contributed by atoms with Crippen molar-refractivity contribution in [1.82, 2.24) is 5.43 Å². The number of rotatable bonds is 0. The highest BCUT2D eigenvalue weighted by Crippen LogP contribution is 2.17. The zero-order chi connectivity index (χ0) is 7.61. The summed E-state index contributed by atoms with van der Waals surface area (Å²) in [6, 6.07) is 0. The van der Waals surface area contributed by atoms with E-state index in [0.717, 1.165) is 12.3 Å². The van der Waals surface area contributed by atoms with Gasteiger partial charge in [0.25, 0.3) is 0 Å². The van der Waals surface area contributed by atoms with E-state index in [-0.39, 0.29) is 5.41 Å². The van der Waals surface area contributed by atoms with Crippen LogP contribution < -0.4 is 5.43 Å². The normalized spacial score (nSPS) is 18.1. The summed E-state index contributed by atoms with van der Waals surface area (Å²) in [6.07, 6.45) is 4.17. The quantitative estimate of drug-likeness (QED) is 0.539. The van der Waals surface area contributed by atoms with Crippen LogP contribution in [0.4, 0.5) is 0 Å². The molecule has 1 aliphatic heterocycles. The molecule has 56 valence electrons. The van der Waals surface area contributed by atoms with Gasteiger partial charge in [-0.3, -0.25) is 0 Å². The Kier molecular flexibility index (Phi) is 1.79. The highest BCUT2D eigenvalue weighted by molar-refractivity contribution is 5.99. The van der Waals surface area contributed by atoms with E-state index >= 15 is 0 Å². The first-order valence-electron chi connectivity index (χ1n) is 3.58. The van der Waals surface area contributed by atoms with Gasteiger partial charge in [-0.05, 0) is 6.08 Å². The Bertz CT molecular complexity index is 172. The van der Waals surface area contributed by atoms with E-state index in [1.165, 1.54) is 0 Å². The van der Waals surface area contributed by atoms with Crippen LogP contribution in [0.5, 0.6) is 0 Å². The van der Waals surface area contributed by atoms with E-state index in [1.54, 1.807) is 0 Å². The van der Waals surface area contributed by atoms with Gasteiger partial charge in [0.1, 0.15) is 0 Å². The van der Waals surface area contributed by atoms with E-state index in [0.29, 0.717) is 0 Å². The summed E-state index contributed by atoms with van der Waals surface area (Å²) in [6.45, 7) is 7.33. The van der Waals surface area contributed by atoms with Crippen molar-refractivity contribution in [2.75, 3.05) is 6.54 Å². The van der Waals surface area contributed by atoms with Crippen molar-refractivity contribution in [3.8, 4) is 0 Å². The van der Waals surface area contributed by atoms with Gasteiger partial charge in [-0.15, -0.1) is 0 Å². The third-order valence-corrected chi connectivity index (χ3v) is 1.45. The lowest BCUT2D eigenvalue weighted by atomic mass is 9.89. The van der Waals surface area contributed by atoms with Crippen LogP contribution in [0.3, 0.4) is 0 Å². The molecule has 0 aromatic rings. The molecule has 1 N–H and O–H groups in total. The first-order chi connectivity index (χ1) is 4.61. The third kappa shape index (κ3) is 1.59. The maximum Gasteiger partial charge on any atom is 0.0654 e. The van der Waals surface area contributed by atoms with Crippen molar-refractivity contribution in [2.45, 2.75) is 20.8 Å². The summed E-state index contributed by atoms with van der Waals surface area (Å²) in [5.41, 5.74) is 4.24. The van der Waals surface area contributed by atoms with E-state index in [1.807, 2.05) is 0 Å². The molecule has 0 amide bonds. The van der Waals surface area contributed by atoms with Crippen molar-refractivity contribution < 1.29 is 0 Å². The largest absolute Gasteiger partial charge is 0.306 e. The highest BCUT2D eigenvalue weighted by atomic mass is 15.3. The first kappa shape index (κ1) is 7.32. The van der Waals surface area contributed by atoms with Crippen molar-refractivity contribution in [3.63, 3.8) is 0 Å². The molecule has 1 aliphatic rings. The summed E-state index contributed by atoms with van der Waals surface area (Å²) in [4.78, 5) is 0. The fourth-order valence-electron chi connectivity index (χ4n) is 0.809. The molecular formula is C8H14N2. The van der Waals surface area contributed by atoms with Crippen LogP contribution in [0.2, 0.25) is 0 Å². The van der Waals surface area contributed by atoms with Crippen LogP contribution in [0.15, 0.2) is 17.3 Å². The molecule has 0 saturated heterocycles. The number of hydrogen-bond donors (Lipinski definition) is 1. The number of allylic oxidation sites excluding steroid dienone is 1. The van der Waals surface area contributed by atoms with Crippen LogP contribution in [-0.4, -0.2) is 12.3 Å². The van der Waals surface area contributed by atoms with Gasteiger partial charge in [0.15, 0.2) is 0 Å². The first-order valence-corrected chi connectivity index (χ1v) is 3.58. The van der Waals surface area contributed by atoms with Gasteiger partial charge in [0.05, 0.1) is 12.3 Å². The fourth-order valence-corrected chi connectivity index (χ4v) is 0.809. The Labute approximate surface area is 62.0 Å². The van der Waals surface area contributed by atoms with Gasteiger partial charge in [-0.25, -0.2) is 0 Å². The van der Waals surface area contributed by atoms with E-state index < -0.39 is 0 Å². The predicted octanol–water partition coefficient (Wildman–Crippen LogP) is 1.55. The number of hydrazone groups is 1. The maximum atomic E-state index is 4.18. The molecule has 0 unspecified atom stereocenters. The van der Waals surface area contributed by atoms with Crippen LogP contribution in [0, 0.1) is 5.41 Å². The minimum absolute atomic E-state index is 0.171. The average molecular weight is 138 g/mol. The number of hydrogen-bond acceptors (Lipinski definition) is 2. The van der Waals surface area contributed by atoms with Gasteiger partial charge in [0, 0.05) is 5.41 Å². The molecule has 1 heterocycles. The van der Waals surface area contributed by atoms with Crippen LogP contribution in [0.25, 0.3) is 0 Å². The number of nitrogens with one attached hydrogen (secondary N) is 1. The molecule has 0 bridgehead atoms. The van der Waals surface area contributed by atoms with Crippen molar-refractivity contribution in [3.05, 3.63) is 12.2 Å². The maximum absolute atomic E-state index is 4.18. The zero-order valence-electron chi connectivity index (χ0n) is 6.81. The molecule has 2 heteroatoms. The molecule has 0 atom stereocenters. The standard InChI is InChI=1S/C8H14N2/c1-8(2,3)7-5-4-6-9-10-7/h4-5,9H,6H2,1-3H3. The molecular weight excluding hydrogens is 124 g/mol. The second-order valence-corrected chi connectivity index (χ2v) is 3.51. The molecule has 2 nitrogen and oxygen atoms in total. The molecule has 0 aliphatic carbocycles. The van der Waals surface area contributed by atoms with Gasteiger partial charge in [-0.2, -0.15) is 5.10 Å². The monoisotopic (exact) mass is 138 g/mol. The Morgan fingerprint density at radius 2 is 2.20 bits per heavy atom. The fraction of sp³-hybridized carbons (Fsp3) is 0.625. The molecule has 0 saturated carbocycles. The van der Waals surface area contributed by atoms with Gasteiger partial charge < -0.3 is 5.43 Å². The van der Waals surface area contributed by atoms with Crippen LogP contribution >= 0.6 is 0 Å². The molecule has 0 fully saturated rings. The van der Waals surface area contributed by atoms with E-state index in [2.05, 4.69) is 43.5 Å². The van der Waals surface area contributed by atoms with Crippen LogP contribution in [-0.2, 0) is 0 Å². The lowest BCUT2D eigenvalue weighted by molar-refractivity contribution is 0.581. The summed E-state index contributed by atoms with van der Waals surface area (Å²) in [5.74, 6) is 0. The SMILES string of the molecule is CC(C)(C)C1=NNCC=C1. The van der Waals surface area contributed by atoms with Gasteiger partial charge >= 0.3 is 0 Å². The second kappa shape index (κ2) is 2.45. The zero-order valence-corrected chi connectivity index (χ0v) is 6.81. The average Bonchev–Trinajstić information content (AvgIpc) is 1.88. The summed E-state index contributed by atoms with van der Waals surface area (Å²) in [7, 11) is 0. The van der Waals surface area contributed by atoms with Crippen LogP contribution in [0.1, 0.15) is 20.8 Å². The summed E-state index contributed by atoms with van der Waals surface area (Å²) in [5, 5.41) is 4.18. The minimum atomic E-state index is 0.171. The third-order valence-electron chi connectivity index (χ3n) is 1.45. The Hall–Kier alpha value is -0.790. The molecule has 10 heavy (non-hydrogen) atoms. The lowest BCUT2D eigenvalue weighted by Gasteiger charge is -2.20. The highest BCUT2D eigenvalue weighted by Gasteiger charge is 2.17. The molecule has 0 aromatic heterocycles. The van der Waals surface area contributed by atoms with E-state index in [4.69, 9.17) is 0 Å².